The van der Waals surface area contributed by atoms with Crippen molar-refractivity contribution in [1.82, 2.24) is 19.9 Å². The van der Waals surface area contributed by atoms with Gasteiger partial charge in [0, 0.05) is 68.6 Å². The largest absolute Gasteiger partial charge is 0.310 e. The highest BCUT2D eigenvalue weighted by Gasteiger charge is 2.36. The number of hydrogen-bond donors (Lipinski definition) is 0. The molecule has 0 spiro atoms. The van der Waals surface area contributed by atoms with E-state index in [4.69, 9.17) is 9.97 Å². The minimum Gasteiger partial charge on any atom is -0.310 e. The average molecular weight is 656 g/mol. The summed E-state index contributed by atoms with van der Waals surface area (Å²) in [7, 11) is 0. The van der Waals surface area contributed by atoms with Crippen LogP contribution in [-0.4, -0.2) is 19.9 Å². The van der Waals surface area contributed by atoms with Gasteiger partial charge in [-0.1, -0.05) is 86.6 Å². The van der Waals surface area contributed by atoms with Gasteiger partial charge in [-0.15, -0.1) is 0 Å². The molecule has 0 atom stereocenters. The third-order valence-corrected chi connectivity index (χ3v) is 10.8. The molecule has 5 heteroatoms. The molecule has 1 aliphatic rings. The molecule has 10 rings (SSSR count). The van der Waals surface area contributed by atoms with E-state index in [9.17, 15) is 0 Å². The van der Waals surface area contributed by atoms with Crippen molar-refractivity contribution in [2.45, 2.75) is 26.2 Å². The molecule has 0 saturated carbocycles. The Labute approximate surface area is 295 Å². The molecular formula is C46H33N5. The Kier molecular flexibility index (Phi) is 6.37. The van der Waals surface area contributed by atoms with Crippen LogP contribution in [0.4, 0.5) is 17.1 Å². The predicted molar refractivity (Wildman–Crippen MR) is 210 cm³/mol. The van der Waals surface area contributed by atoms with E-state index in [2.05, 4.69) is 145 Å². The average Bonchev–Trinajstić information content (AvgIpc) is 3.18. The van der Waals surface area contributed by atoms with Gasteiger partial charge < -0.3 is 4.90 Å². The van der Waals surface area contributed by atoms with Crippen molar-refractivity contribution >= 4 is 60.7 Å². The normalized spacial score (nSPS) is 13.5. The minimum absolute atomic E-state index is 0.155. The summed E-state index contributed by atoms with van der Waals surface area (Å²) < 4.78 is 0. The molecule has 5 heterocycles. The minimum atomic E-state index is -0.155. The third-order valence-electron chi connectivity index (χ3n) is 10.8. The molecule has 0 fully saturated rings. The molecule has 0 radical (unpaired) electrons. The molecule has 0 unspecified atom stereocenters. The summed E-state index contributed by atoms with van der Waals surface area (Å²) >= 11 is 0. The first-order valence-corrected chi connectivity index (χ1v) is 17.4. The number of fused-ring (bicyclic) bond motifs is 8. The van der Waals surface area contributed by atoms with E-state index in [1.165, 1.54) is 22.5 Å². The van der Waals surface area contributed by atoms with Crippen molar-refractivity contribution in [3.8, 4) is 22.3 Å². The molecule has 4 aromatic heterocycles. The molecule has 5 nitrogen and oxygen atoms in total. The highest BCUT2D eigenvalue weighted by atomic mass is 15.2. The first-order valence-electron chi connectivity index (χ1n) is 17.4. The summed E-state index contributed by atoms with van der Waals surface area (Å²) in [5.74, 6) is 0. The standard InChI is InChI=1S/C46H33N5/c1-28-36(33-22-31-18-16-29-10-8-20-47-42(29)44(31)49-26-33)24-35(51-40-14-6-4-12-38(40)46(2,3)39-13-5-7-15-41(39)51)25-37(28)34-23-32-19-17-30-11-9-21-48-43(30)45(32)50-27-34/h4-27H,1-3H3. The fraction of sp³-hybridized carbons (Fsp3) is 0.0870. The van der Waals surface area contributed by atoms with E-state index in [-0.39, 0.29) is 5.41 Å². The van der Waals surface area contributed by atoms with Crippen LogP contribution in [-0.2, 0) is 5.41 Å². The maximum atomic E-state index is 5.04. The van der Waals surface area contributed by atoms with Crippen LogP contribution in [0.5, 0.6) is 0 Å². The summed E-state index contributed by atoms with van der Waals surface area (Å²) in [6.45, 7) is 6.87. The Balaban J connectivity index is 1.24. The van der Waals surface area contributed by atoms with Crippen LogP contribution in [0.2, 0.25) is 0 Å². The first kappa shape index (κ1) is 29.5. The zero-order valence-corrected chi connectivity index (χ0v) is 28.6. The van der Waals surface area contributed by atoms with Crippen LogP contribution in [0, 0.1) is 6.92 Å². The molecule has 0 amide bonds. The Bertz CT molecular complexity index is 2680. The Morgan fingerprint density at radius 2 is 0.922 bits per heavy atom. The number of aromatic nitrogens is 4. The molecule has 9 aromatic rings. The zero-order chi connectivity index (χ0) is 34.3. The highest BCUT2D eigenvalue weighted by Crippen LogP contribution is 2.53. The summed E-state index contributed by atoms with van der Waals surface area (Å²) in [6.07, 6.45) is 7.68. The topological polar surface area (TPSA) is 54.8 Å². The number of nitrogens with zero attached hydrogens (tertiary/aromatic N) is 5. The number of benzene rings is 5. The second-order valence-electron chi connectivity index (χ2n) is 14.0. The molecule has 0 saturated heterocycles. The Morgan fingerprint density at radius 1 is 0.471 bits per heavy atom. The lowest BCUT2D eigenvalue weighted by molar-refractivity contribution is 0.632. The summed E-state index contributed by atoms with van der Waals surface area (Å²) in [5.41, 5.74) is 15.1. The van der Waals surface area contributed by atoms with E-state index in [0.717, 1.165) is 77.1 Å². The molecule has 1 aliphatic heterocycles. The molecule has 0 bridgehead atoms. The third kappa shape index (κ3) is 4.48. The van der Waals surface area contributed by atoms with Crippen LogP contribution >= 0.6 is 0 Å². The van der Waals surface area contributed by atoms with Crippen LogP contribution in [0.25, 0.3) is 65.9 Å². The fourth-order valence-electron chi connectivity index (χ4n) is 8.14. The van der Waals surface area contributed by atoms with Gasteiger partial charge in [0.2, 0.25) is 0 Å². The Hall–Kier alpha value is -6.46. The van der Waals surface area contributed by atoms with Crippen LogP contribution in [0.15, 0.2) is 146 Å². The maximum absolute atomic E-state index is 5.04. The van der Waals surface area contributed by atoms with Gasteiger partial charge >= 0.3 is 0 Å². The molecule has 5 aromatic carbocycles. The summed E-state index contributed by atoms with van der Waals surface area (Å²) in [5, 5.41) is 4.30. The summed E-state index contributed by atoms with van der Waals surface area (Å²) in [6, 6.07) is 43.5. The van der Waals surface area contributed by atoms with Gasteiger partial charge in [0.25, 0.3) is 0 Å². The maximum Gasteiger partial charge on any atom is 0.0964 e. The van der Waals surface area contributed by atoms with Crippen molar-refractivity contribution in [2.24, 2.45) is 0 Å². The lowest BCUT2D eigenvalue weighted by Gasteiger charge is -2.42. The van der Waals surface area contributed by atoms with Gasteiger partial charge in [-0.25, -0.2) is 0 Å². The highest BCUT2D eigenvalue weighted by molar-refractivity contribution is 6.05. The van der Waals surface area contributed by atoms with Gasteiger partial charge in [-0.3, -0.25) is 19.9 Å². The number of para-hydroxylation sites is 2. The number of hydrogen-bond acceptors (Lipinski definition) is 5. The molecule has 0 aliphatic carbocycles. The molecule has 51 heavy (non-hydrogen) atoms. The quantitative estimate of drug-likeness (QED) is 0.177. The lowest BCUT2D eigenvalue weighted by Crippen LogP contribution is -2.30. The van der Waals surface area contributed by atoms with Gasteiger partial charge in [0.1, 0.15) is 0 Å². The molecule has 0 N–H and O–H groups in total. The number of anilines is 3. The van der Waals surface area contributed by atoms with Gasteiger partial charge in [-0.05, 0) is 83.3 Å². The summed E-state index contributed by atoms with van der Waals surface area (Å²) in [4.78, 5) is 21.9. The first-order chi connectivity index (χ1) is 25.0. The lowest BCUT2D eigenvalue weighted by atomic mass is 9.73. The predicted octanol–water partition coefficient (Wildman–Crippen LogP) is 11.6. The fourth-order valence-corrected chi connectivity index (χ4v) is 8.14. The number of pyridine rings is 4. The zero-order valence-electron chi connectivity index (χ0n) is 28.6. The van der Waals surface area contributed by atoms with E-state index in [1.54, 1.807) is 0 Å². The van der Waals surface area contributed by atoms with E-state index in [1.807, 2.05) is 36.9 Å². The van der Waals surface area contributed by atoms with Gasteiger partial charge in [0.15, 0.2) is 0 Å². The Morgan fingerprint density at radius 3 is 1.43 bits per heavy atom. The van der Waals surface area contributed by atoms with E-state index >= 15 is 0 Å². The van der Waals surface area contributed by atoms with Crippen molar-refractivity contribution in [3.63, 3.8) is 0 Å². The number of rotatable bonds is 3. The van der Waals surface area contributed by atoms with Crippen LogP contribution in [0.1, 0.15) is 30.5 Å². The SMILES string of the molecule is Cc1c(-c2cnc3c(ccc4cccnc43)c2)cc(N2c3ccccc3C(C)(C)c3ccccc32)cc1-c1cnc2c(ccc3cccnc32)c1. The second kappa shape index (κ2) is 11.0. The molecular weight excluding hydrogens is 623 g/mol. The van der Waals surface area contributed by atoms with Crippen molar-refractivity contribution in [1.29, 1.82) is 0 Å². The monoisotopic (exact) mass is 655 g/mol. The van der Waals surface area contributed by atoms with E-state index < -0.39 is 0 Å². The molecule has 242 valence electrons. The van der Waals surface area contributed by atoms with Gasteiger partial charge in [-0.2, -0.15) is 0 Å². The van der Waals surface area contributed by atoms with Gasteiger partial charge in [0.05, 0.1) is 33.4 Å². The van der Waals surface area contributed by atoms with Crippen molar-refractivity contribution in [2.75, 3.05) is 4.90 Å². The van der Waals surface area contributed by atoms with E-state index in [0.29, 0.717) is 0 Å². The smallest absolute Gasteiger partial charge is 0.0964 e. The second-order valence-corrected chi connectivity index (χ2v) is 14.0. The van der Waals surface area contributed by atoms with Crippen LogP contribution in [0.3, 0.4) is 0 Å². The van der Waals surface area contributed by atoms with Crippen molar-refractivity contribution < 1.29 is 0 Å². The van der Waals surface area contributed by atoms with Crippen LogP contribution < -0.4 is 4.90 Å². The van der Waals surface area contributed by atoms with Crippen molar-refractivity contribution in [3.05, 3.63) is 163 Å².